The molecule has 0 saturated heterocycles. The maximum atomic E-state index is 12.5. The molecule has 0 unspecified atom stereocenters. The smallest absolute Gasteiger partial charge is 0.343 e. The Labute approximate surface area is 221 Å². The van der Waals surface area contributed by atoms with E-state index in [2.05, 4.69) is 13.2 Å². The second kappa shape index (κ2) is 14.8. The zero-order valence-electron chi connectivity index (χ0n) is 21.1. The normalized spacial score (nSPS) is 12.3. The molecule has 3 rings (SSSR count). The first-order valence-corrected chi connectivity index (χ1v) is 12.2. The lowest BCUT2D eigenvalue weighted by atomic mass is 10.1. The summed E-state index contributed by atoms with van der Waals surface area (Å²) in [6, 6.07) is 13.3. The molecule has 198 valence electrons. The van der Waals surface area contributed by atoms with Crippen molar-refractivity contribution in [2.45, 2.75) is 25.7 Å². The highest BCUT2D eigenvalue weighted by atomic mass is 16.5. The molecule has 0 amide bonds. The third-order valence-electron chi connectivity index (χ3n) is 5.29. The Morgan fingerprint density at radius 1 is 0.711 bits per heavy atom. The Hall–Kier alpha value is -4.59. The molecule has 0 fully saturated rings. The van der Waals surface area contributed by atoms with Crippen LogP contribution in [0.25, 0.3) is 0 Å². The van der Waals surface area contributed by atoms with E-state index in [0.29, 0.717) is 79.6 Å². The van der Waals surface area contributed by atoms with Crippen molar-refractivity contribution in [1.82, 2.24) is 0 Å². The molecule has 0 N–H and O–H groups in total. The van der Waals surface area contributed by atoms with Gasteiger partial charge in [-0.3, -0.25) is 0 Å². The van der Waals surface area contributed by atoms with Gasteiger partial charge >= 0.3 is 17.9 Å². The van der Waals surface area contributed by atoms with Crippen LogP contribution in [0.3, 0.4) is 0 Å². The SMILES string of the molecule is C=CCOc1ccc(C(=O)OC2=CC=C(OC(=O)c3ccc(OCCCCOC(=O)C=C)cc3)CC2)cc1. The number of benzene rings is 2. The molecule has 0 bridgehead atoms. The van der Waals surface area contributed by atoms with Gasteiger partial charge in [-0.15, -0.1) is 0 Å². The Bertz CT molecular complexity index is 1190. The van der Waals surface area contributed by atoms with E-state index in [4.69, 9.17) is 23.7 Å². The van der Waals surface area contributed by atoms with Crippen molar-refractivity contribution in [2.75, 3.05) is 19.8 Å². The standard InChI is InChI=1S/C30H30O8/c1-3-19-34-24-11-7-22(8-12-24)29(32)37-26-15-17-27(18-16-26)38-30(33)23-9-13-25(14-10-23)35-20-5-6-21-36-28(31)4-2/h3-4,7-15,17H,1-2,5-6,16,18-21H2. The van der Waals surface area contributed by atoms with E-state index in [1.807, 2.05) is 0 Å². The third-order valence-corrected chi connectivity index (χ3v) is 5.29. The van der Waals surface area contributed by atoms with Gasteiger partial charge in [-0.1, -0.05) is 19.2 Å². The van der Waals surface area contributed by atoms with Crippen molar-refractivity contribution < 1.29 is 38.1 Å². The van der Waals surface area contributed by atoms with E-state index in [1.165, 1.54) is 0 Å². The fourth-order valence-corrected chi connectivity index (χ4v) is 3.28. The Morgan fingerprint density at radius 2 is 1.21 bits per heavy atom. The van der Waals surface area contributed by atoms with E-state index >= 15 is 0 Å². The van der Waals surface area contributed by atoms with Gasteiger partial charge in [0, 0.05) is 18.9 Å². The summed E-state index contributed by atoms with van der Waals surface area (Å²) in [4.78, 5) is 35.9. The lowest BCUT2D eigenvalue weighted by Crippen LogP contribution is -2.10. The van der Waals surface area contributed by atoms with E-state index in [-0.39, 0.29) is 0 Å². The van der Waals surface area contributed by atoms with Gasteiger partial charge < -0.3 is 23.7 Å². The predicted octanol–water partition coefficient (Wildman–Crippen LogP) is 5.72. The molecule has 0 radical (unpaired) electrons. The highest BCUT2D eigenvalue weighted by Gasteiger charge is 2.17. The van der Waals surface area contributed by atoms with Gasteiger partial charge in [0.1, 0.15) is 29.6 Å². The van der Waals surface area contributed by atoms with Crippen LogP contribution in [0.4, 0.5) is 0 Å². The summed E-state index contributed by atoms with van der Waals surface area (Å²) in [5.74, 6) is 0.826. The minimum atomic E-state index is -0.487. The fraction of sp³-hybridized carbons (Fsp3) is 0.233. The zero-order valence-corrected chi connectivity index (χ0v) is 21.1. The number of hydrogen-bond acceptors (Lipinski definition) is 8. The summed E-state index contributed by atoms with van der Waals surface area (Å²) in [6.07, 6.45) is 8.25. The number of unbranched alkanes of at least 4 members (excludes halogenated alkanes) is 1. The topological polar surface area (TPSA) is 97.4 Å². The van der Waals surface area contributed by atoms with Crippen LogP contribution in [0, 0.1) is 0 Å². The molecule has 38 heavy (non-hydrogen) atoms. The Balaban J connectivity index is 1.42. The van der Waals surface area contributed by atoms with Crippen LogP contribution in [-0.4, -0.2) is 37.7 Å². The summed E-state index contributed by atoms with van der Waals surface area (Å²) >= 11 is 0. The van der Waals surface area contributed by atoms with Crippen molar-refractivity contribution >= 4 is 17.9 Å². The van der Waals surface area contributed by atoms with Crippen molar-refractivity contribution in [3.63, 3.8) is 0 Å². The molecule has 1 aliphatic rings. The molecule has 2 aromatic rings. The van der Waals surface area contributed by atoms with Crippen molar-refractivity contribution in [3.05, 3.63) is 109 Å². The van der Waals surface area contributed by atoms with E-state index in [9.17, 15) is 14.4 Å². The monoisotopic (exact) mass is 518 g/mol. The average molecular weight is 519 g/mol. The lowest BCUT2D eigenvalue weighted by molar-refractivity contribution is -0.137. The molecule has 0 atom stereocenters. The lowest BCUT2D eigenvalue weighted by Gasteiger charge is -2.15. The molecule has 0 saturated carbocycles. The van der Waals surface area contributed by atoms with Crippen LogP contribution < -0.4 is 9.47 Å². The van der Waals surface area contributed by atoms with Gasteiger partial charge in [0.2, 0.25) is 0 Å². The number of rotatable bonds is 14. The summed E-state index contributed by atoms with van der Waals surface area (Å²) in [7, 11) is 0. The molecule has 2 aromatic carbocycles. The van der Waals surface area contributed by atoms with Crippen LogP contribution in [0.15, 0.2) is 97.5 Å². The first-order valence-electron chi connectivity index (χ1n) is 12.2. The second-order valence-corrected chi connectivity index (χ2v) is 8.12. The molecule has 0 aliphatic heterocycles. The summed E-state index contributed by atoms with van der Waals surface area (Å²) in [6.45, 7) is 8.08. The van der Waals surface area contributed by atoms with E-state index in [0.717, 1.165) is 6.08 Å². The van der Waals surface area contributed by atoms with Crippen LogP contribution in [0.1, 0.15) is 46.4 Å². The van der Waals surface area contributed by atoms with Gasteiger partial charge in [0.05, 0.1) is 24.3 Å². The zero-order chi connectivity index (χ0) is 27.2. The van der Waals surface area contributed by atoms with E-state index in [1.54, 1.807) is 66.8 Å². The number of allylic oxidation sites excluding steroid dienone is 4. The second-order valence-electron chi connectivity index (χ2n) is 8.12. The maximum Gasteiger partial charge on any atom is 0.343 e. The predicted molar refractivity (Wildman–Crippen MR) is 141 cm³/mol. The summed E-state index contributed by atoms with van der Waals surface area (Å²) in [5.41, 5.74) is 0.788. The minimum Gasteiger partial charge on any atom is -0.494 e. The molecule has 8 heteroatoms. The average Bonchev–Trinajstić information content (AvgIpc) is 2.95. The molecule has 0 spiro atoms. The first-order chi connectivity index (χ1) is 18.5. The number of esters is 3. The van der Waals surface area contributed by atoms with Gasteiger partial charge in [-0.25, -0.2) is 14.4 Å². The molecule has 8 nitrogen and oxygen atoms in total. The summed E-state index contributed by atoms with van der Waals surface area (Å²) < 4.78 is 26.9. The number of ether oxygens (including phenoxy) is 5. The van der Waals surface area contributed by atoms with Crippen molar-refractivity contribution in [2.24, 2.45) is 0 Å². The molecule has 0 aromatic heterocycles. The number of carbonyl (C=O) groups excluding carboxylic acids is 3. The Kier molecular flexibility index (Phi) is 10.9. The fourth-order valence-electron chi connectivity index (χ4n) is 3.28. The van der Waals surface area contributed by atoms with Crippen molar-refractivity contribution in [1.29, 1.82) is 0 Å². The minimum absolute atomic E-state index is 0.314. The summed E-state index contributed by atoms with van der Waals surface area (Å²) in [5, 5.41) is 0. The molecule has 1 aliphatic carbocycles. The van der Waals surface area contributed by atoms with Crippen LogP contribution in [-0.2, 0) is 19.0 Å². The van der Waals surface area contributed by atoms with Crippen LogP contribution >= 0.6 is 0 Å². The van der Waals surface area contributed by atoms with Gasteiger partial charge in [0.15, 0.2) is 0 Å². The van der Waals surface area contributed by atoms with Crippen LogP contribution in [0.2, 0.25) is 0 Å². The molecular formula is C30H30O8. The van der Waals surface area contributed by atoms with Crippen LogP contribution in [0.5, 0.6) is 11.5 Å². The highest BCUT2D eigenvalue weighted by molar-refractivity contribution is 5.91. The Morgan fingerprint density at radius 3 is 1.68 bits per heavy atom. The van der Waals surface area contributed by atoms with E-state index < -0.39 is 17.9 Å². The molecule has 0 heterocycles. The van der Waals surface area contributed by atoms with Gasteiger partial charge in [-0.2, -0.15) is 0 Å². The highest BCUT2D eigenvalue weighted by Crippen LogP contribution is 2.23. The number of carbonyl (C=O) groups is 3. The third kappa shape index (κ3) is 9.13. The van der Waals surface area contributed by atoms with Gasteiger partial charge in [0.25, 0.3) is 0 Å². The van der Waals surface area contributed by atoms with Crippen molar-refractivity contribution in [3.8, 4) is 11.5 Å². The molecular weight excluding hydrogens is 488 g/mol. The van der Waals surface area contributed by atoms with Gasteiger partial charge in [-0.05, 0) is 73.5 Å². The number of hydrogen-bond donors (Lipinski definition) is 0. The quantitative estimate of drug-likeness (QED) is 0.103. The largest absolute Gasteiger partial charge is 0.494 e. The maximum absolute atomic E-state index is 12.5. The first kappa shape index (κ1) is 28.0.